The van der Waals surface area contributed by atoms with Crippen molar-refractivity contribution in [2.45, 2.75) is 26.4 Å². The lowest BCUT2D eigenvalue weighted by atomic mass is 10.0. The predicted octanol–water partition coefficient (Wildman–Crippen LogP) is 2.40. The molecule has 0 saturated carbocycles. The molecule has 0 bridgehead atoms. The number of carbonyl (C=O) groups excluding carboxylic acids is 2. The Morgan fingerprint density at radius 1 is 1.21 bits per heavy atom. The number of aliphatic hydroxyl groups is 1. The van der Waals surface area contributed by atoms with E-state index in [-0.39, 0.29) is 18.3 Å². The van der Waals surface area contributed by atoms with Crippen molar-refractivity contribution in [2.75, 3.05) is 6.61 Å². The number of carbonyl (C=O) groups is 2. The number of amides is 2. The molecular formula is C21H22FN3O3. The summed E-state index contributed by atoms with van der Waals surface area (Å²) in [7, 11) is 0. The first-order chi connectivity index (χ1) is 13.4. The van der Waals surface area contributed by atoms with Crippen LogP contribution in [0.15, 0.2) is 42.5 Å². The first-order valence-corrected chi connectivity index (χ1v) is 8.92. The molecule has 2 amide bonds. The maximum atomic E-state index is 14.2. The van der Waals surface area contributed by atoms with Crippen molar-refractivity contribution in [3.05, 3.63) is 59.4 Å². The van der Waals surface area contributed by atoms with Crippen molar-refractivity contribution in [1.82, 2.24) is 15.6 Å². The number of hydrogen-bond donors (Lipinski definition) is 4. The second-order valence-electron chi connectivity index (χ2n) is 6.64. The molecule has 0 spiro atoms. The summed E-state index contributed by atoms with van der Waals surface area (Å²) in [5, 5.41) is 15.3. The Bertz CT molecular complexity index is 1030. The van der Waals surface area contributed by atoms with Gasteiger partial charge in [-0.2, -0.15) is 0 Å². The third-order valence-corrected chi connectivity index (χ3v) is 4.61. The average molecular weight is 383 g/mol. The highest BCUT2D eigenvalue weighted by molar-refractivity contribution is 5.91. The van der Waals surface area contributed by atoms with Gasteiger partial charge in [-0.1, -0.05) is 18.2 Å². The van der Waals surface area contributed by atoms with Gasteiger partial charge in [0.25, 0.3) is 0 Å². The molecule has 6 nitrogen and oxygen atoms in total. The van der Waals surface area contributed by atoms with E-state index < -0.39 is 18.6 Å². The minimum Gasteiger partial charge on any atom is -0.394 e. The number of benzene rings is 2. The molecular weight excluding hydrogens is 361 g/mol. The second-order valence-corrected chi connectivity index (χ2v) is 6.64. The zero-order valence-corrected chi connectivity index (χ0v) is 15.7. The number of aliphatic hydroxyl groups excluding tert-OH is 1. The number of hydrogen-bond acceptors (Lipinski definition) is 3. The van der Waals surface area contributed by atoms with Gasteiger partial charge in [0.1, 0.15) is 11.9 Å². The molecule has 2 aromatic carbocycles. The van der Waals surface area contributed by atoms with Crippen LogP contribution >= 0.6 is 0 Å². The summed E-state index contributed by atoms with van der Waals surface area (Å²) in [6.07, 6.45) is 0. The summed E-state index contributed by atoms with van der Waals surface area (Å²) < 4.78 is 14.2. The Hall–Kier alpha value is -3.19. The summed E-state index contributed by atoms with van der Waals surface area (Å²) >= 11 is 0. The average Bonchev–Trinajstić information content (AvgIpc) is 3.00. The van der Waals surface area contributed by atoms with Gasteiger partial charge in [-0.05, 0) is 42.3 Å². The van der Waals surface area contributed by atoms with Crippen LogP contribution in [0.3, 0.4) is 0 Å². The van der Waals surface area contributed by atoms with Crippen LogP contribution < -0.4 is 10.6 Å². The first-order valence-electron chi connectivity index (χ1n) is 8.92. The summed E-state index contributed by atoms with van der Waals surface area (Å²) in [5.74, 6) is -1.15. The Morgan fingerprint density at radius 2 is 1.96 bits per heavy atom. The van der Waals surface area contributed by atoms with Crippen molar-refractivity contribution in [1.29, 1.82) is 0 Å². The molecule has 0 aliphatic rings. The summed E-state index contributed by atoms with van der Waals surface area (Å²) in [5.41, 5.74) is 3.87. The molecule has 0 saturated heterocycles. The van der Waals surface area contributed by atoms with Gasteiger partial charge in [-0.3, -0.25) is 9.59 Å². The molecule has 146 valence electrons. The summed E-state index contributed by atoms with van der Waals surface area (Å²) in [6, 6.07) is 11.3. The normalized spacial score (nSPS) is 12.0. The number of nitrogens with one attached hydrogen (secondary N) is 3. The van der Waals surface area contributed by atoms with Gasteiger partial charge < -0.3 is 20.7 Å². The maximum Gasteiger partial charge on any atom is 0.245 e. The Morgan fingerprint density at radius 3 is 2.64 bits per heavy atom. The number of halogens is 1. The third-order valence-electron chi connectivity index (χ3n) is 4.61. The largest absolute Gasteiger partial charge is 0.394 e. The highest BCUT2D eigenvalue weighted by atomic mass is 19.1. The molecule has 0 aliphatic carbocycles. The topological polar surface area (TPSA) is 94.2 Å². The van der Waals surface area contributed by atoms with E-state index in [0.717, 1.165) is 27.7 Å². The van der Waals surface area contributed by atoms with E-state index in [1.165, 1.54) is 13.0 Å². The number of aromatic amines is 1. The van der Waals surface area contributed by atoms with Crippen molar-refractivity contribution in [3.8, 4) is 11.3 Å². The van der Waals surface area contributed by atoms with Crippen LogP contribution in [0.1, 0.15) is 18.1 Å². The second kappa shape index (κ2) is 8.22. The van der Waals surface area contributed by atoms with E-state index in [1.54, 1.807) is 18.2 Å². The highest BCUT2D eigenvalue weighted by Crippen LogP contribution is 2.31. The maximum absolute atomic E-state index is 14.2. The number of rotatable bonds is 6. The van der Waals surface area contributed by atoms with Crippen LogP contribution in [-0.4, -0.2) is 34.6 Å². The highest BCUT2D eigenvalue weighted by Gasteiger charge is 2.18. The molecule has 4 N–H and O–H groups in total. The van der Waals surface area contributed by atoms with Crippen LogP contribution in [0.5, 0.6) is 0 Å². The van der Waals surface area contributed by atoms with Gasteiger partial charge in [-0.15, -0.1) is 0 Å². The van der Waals surface area contributed by atoms with Crippen molar-refractivity contribution >= 4 is 22.7 Å². The van der Waals surface area contributed by atoms with Gasteiger partial charge in [0.05, 0.1) is 12.3 Å². The van der Waals surface area contributed by atoms with E-state index >= 15 is 0 Å². The number of aryl methyl sites for hydroxylation is 1. The van der Waals surface area contributed by atoms with Crippen molar-refractivity contribution in [3.63, 3.8) is 0 Å². The van der Waals surface area contributed by atoms with E-state index in [9.17, 15) is 19.1 Å². The Kier molecular flexibility index (Phi) is 5.75. The van der Waals surface area contributed by atoms with E-state index in [0.29, 0.717) is 5.56 Å². The van der Waals surface area contributed by atoms with E-state index in [2.05, 4.69) is 15.6 Å². The smallest absolute Gasteiger partial charge is 0.245 e. The molecule has 0 unspecified atom stereocenters. The monoisotopic (exact) mass is 383 g/mol. The van der Waals surface area contributed by atoms with E-state index in [1.807, 2.05) is 25.1 Å². The molecule has 0 radical (unpaired) electrons. The van der Waals surface area contributed by atoms with Crippen LogP contribution in [0, 0.1) is 12.7 Å². The standard InChI is InChI=1S/C21H22FN3O3/c1-12-16-9-14(10-23-21(28)19(11-26)24-13(2)27)7-8-18(16)25-20(12)15-5-3-4-6-17(15)22/h3-9,19,25-26H,10-11H2,1-2H3,(H,23,28)(H,24,27)/t19-/m1/s1. The van der Waals surface area contributed by atoms with Crippen LogP contribution in [-0.2, 0) is 16.1 Å². The SMILES string of the molecule is CC(=O)N[C@H](CO)C(=O)NCc1ccc2[nH]c(-c3ccccc3F)c(C)c2c1. The number of H-pyrrole nitrogens is 1. The van der Waals surface area contributed by atoms with E-state index in [4.69, 9.17) is 0 Å². The number of aromatic nitrogens is 1. The zero-order valence-electron chi connectivity index (χ0n) is 15.7. The summed E-state index contributed by atoms with van der Waals surface area (Å²) in [4.78, 5) is 26.4. The van der Waals surface area contributed by atoms with Crippen LogP contribution in [0.4, 0.5) is 4.39 Å². The van der Waals surface area contributed by atoms with Crippen molar-refractivity contribution in [2.24, 2.45) is 0 Å². The fourth-order valence-electron chi connectivity index (χ4n) is 3.17. The van der Waals surface area contributed by atoms with Crippen LogP contribution in [0.25, 0.3) is 22.2 Å². The van der Waals surface area contributed by atoms with Gasteiger partial charge >= 0.3 is 0 Å². The zero-order chi connectivity index (χ0) is 20.3. The Labute approximate surface area is 161 Å². The molecule has 28 heavy (non-hydrogen) atoms. The fraction of sp³-hybridized carbons (Fsp3) is 0.238. The quantitative estimate of drug-likeness (QED) is 0.526. The van der Waals surface area contributed by atoms with Gasteiger partial charge in [0, 0.05) is 29.9 Å². The minimum absolute atomic E-state index is 0.241. The lowest BCUT2D eigenvalue weighted by molar-refractivity contribution is -0.129. The molecule has 1 atom stereocenters. The van der Waals surface area contributed by atoms with Gasteiger partial charge in [0.15, 0.2) is 0 Å². The third kappa shape index (κ3) is 4.04. The lowest BCUT2D eigenvalue weighted by Crippen LogP contribution is -2.48. The number of fused-ring (bicyclic) bond motifs is 1. The molecule has 0 aliphatic heterocycles. The van der Waals surface area contributed by atoms with Crippen molar-refractivity contribution < 1.29 is 19.1 Å². The molecule has 1 heterocycles. The molecule has 3 aromatic rings. The minimum atomic E-state index is -0.983. The first kappa shape index (κ1) is 19.6. The molecule has 7 heteroatoms. The molecule has 0 fully saturated rings. The summed E-state index contributed by atoms with van der Waals surface area (Å²) in [6.45, 7) is 2.96. The van der Waals surface area contributed by atoms with Crippen LogP contribution in [0.2, 0.25) is 0 Å². The van der Waals surface area contributed by atoms with Gasteiger partial charge in [-0.25, -0.2) is 4.39 Å². The molecule has 1 aromatic heterocycles. The van der Waals surface area contributed by atoms with Gasteiger partial charge in [0.2, 0.25) is 11.8 Å². The Balaban J connectivity index is 1.81. The predicted molar refractivity (Wildman–Crippen MR) is 105 cm³/mol. The fourth-order valence-corrected chi connectivity index (χ4v) is 3.17. The lowest BCUT2D eigenvalue weighted by Gasteiger charge is -2.15. The molecule has 3 rings (SSSR count).